The Labute approximate surface area is 123 Å². The van der Waals surface area contributed by atoms with Crippen molar-refractivity contribution in [3.05, 3.63) is 67.7 Å². The highest BCUT2D eigenvalue weighted by Crippen LogP contribution is 2.19. The molecule has 0 aliphatic carbocycles. The summed E-state index contributed by atoms with van der Waals surface area (Å²) >= 11 is 5.66. The Kier molecular flexibility index (Phi) is 4.34. The van der Waals surface area contributed by atoms with Crippen molar-refractivity contribution in [3.8, 4) is 0 Å². The number of rotatable bonds is 3. The van der Waals surface area contributed by atoms with Gasteiger partial charge in [-0.05, 0) is 40.3 Å². The molecule has 2 rings (SSSR count). The van der Waals surface area contributed by atoms with Gasteiger partial charge >= 0.3 is 0 Å². The zero-order valence-electron chi connectivity index (χ0n) is 8.99. The van der Waals surface area contributed by atoms with Crippen LogP contribution in [0.15, 0.2) is 53.0 Å². The van der Waals surface area contributed by atoms with E-state index < -0.39 is 0 Å². The summed E-state index contributed by atoms with van der Waals surface area (Å²) in [6.45, 7) is 0. The van der Waals surface area contributed by atoms with Gasteiger partial charge in [-0.1, -0.05) is 52.3 Å². The lowest BCUT2D eigenvalue weighted by atomic mass is 10.0. The molecule has 86 valence electrons. The number of hydrogen-bond acceptors (Lipinski definition) is 1. The van der Waals surface area contributed by atoms with E-state index in [1.807, 2.05) is 48.5 Å². The van der Waals surface area contributed by atoms with Gasteiger partial charge in [0.15, 0.2) is 5.78 Å². The van der Waals surface area contributed by atoms with E-state index in [1.165, 1.54) is 0 Å². The van der Waals surface area contributed by atoms with E-state index in [4.69, 9.17) is 0 Å². The molecule has 0 saturated heterocycles. The molecule has 0 radical (unpaired) electrons. The molecule has 2 aromatic carbocycles. The third-order valence-electron chi connectivity index (χ3n) is 2.48. The van der Waals surface area contributed by atoms with Crippen molar-refractivity contribution in [1.29, 1.82) is 0 Å². The average molecular weight is 401 g/mol. The average Bonchev–Trinajstić information content (AvgIpc) is 2.32. The quantitative estimate of drug-likeness (QED) is 0.548. The molecule has 0 heterocycles. The van der Waals surface area contributed by atoms with Crippen LogP contribution in [-0.4, -0.2) is 5.78 Å². The highest BCUT2D eigenvalue weighted by molar-refractivity contribution is 14.1. The standard InChI is InChI=1S/C14H10BrIO/c15-12-7-3-1-5-10(12)9-14(17)11-6-2-4-8-13(11)16/h1-8H,9H2. The van der Waals surface area contributed by atoms with Crippen molar-refractivity contribution < 1.29 is 4.79 Å². The van der Waals surface area contributed by atoms with Crippen molar-refractivity contribution in [1.82, 2.24) is 0 Å². The summed E-state index contributed by atoms with van der Waals surface area (Å²) in [6.07, 6.45) is 0.432. The molecular formula is C14H10BrIO. The summed E-state index contributed by atoms with van der Waals surface area (Å²) < 4.78 is 1.99. The number of Topliss-reactive ketones (excluding diaryl/α,β-unsaturated/α-hetero) is 1. The number of carbonyl (C=O) groups is 1. The Morgan fingerprint density at radius 3 is 2.41 bits per heavy atom. The number of ketones is 1. The summed E-state index contributed by atoms with van der Waals surface area (Å²) in [5, 5.41) is 0. The molecule has 2 aromatic rings. The highest BCUT2D eigenvalue weighted by atomic mass is 127. The van der Waals surface area contributed by atoms with Gasteiger partial charge in [0, 0.05) is 20.0 Å². The van der Waals surface area contributed by atoms with Crippen LogP contribution in [0, 0.1) is 3.57 Å². The minimum Gasteiger partial charge on any atom is -0.294 e. The summed E-state index contributed by atoms with van der Waals surface area (Å²) in [4.78, 5) is 12.2. The maximum atomic E-state index is 12.2. The van der Waals surface area contributed by atoms with Gasteiger partial charge in [-0.2, -0.15) is 0 Å². The number of hydrogen-bond donors (Lipinski definition) is 0. The van der Waals surface area contributed by atoms with Crippen molar-refractivity contribution in [2.75, 3.05) is 0 Å². The summed E-state index contributed by atoms with van der Waals surface area (Å²) in [6, 6.07) is 15.5. The van der Waals surface area contributed by atoms with Crippen molar-refractivity contribution in [2.45, 2.75) is 6.42 Å². The van der Waals surface area contributed by atoms with Crippen LogP contribution in [0.1, 0.15) is 15.9 Å². The Bertz CT molecular complexity index is 551. The van der Waals surface area contributed by atoms with E-state index in [-0.39, 0.29) is 5.78 Å². The fourth-order valence-electron chi connectivity index (χ4n) is 1.60. The predicted octanol–water partition coefficient (Wildman–Crippen LogP) is 4.48. The first-order chi connectivity index (χ1) is 8.18. The van der Waals surface area contributed by atoms with Crippen LogP contribution < -0.4 is 0 Å². The van der Waals surface area contributed by atoms with E-state index >= 15 is 0 Å². The van der Waals surface area contributed by atoms with Gasteiger partial charge in [0.25, 0.3) is 0 Å². The van der Waals surface area contributed by atoms with Crippen LogP contribution >= 0.6 is 38.5 Å². The van der Waals surface area contributed by atoms with Crippen LogP contribution in [0.2, 0.25) is 0 Å². The fourth-order valence-corrected chi connectivity index (χ4v) is 2.71. The van der Waals surface area contributed by atoms with Gasteiger partial charge in [0.1, 0.15) is 0 Å². The van der Waals surface area contributed by atoms with E-state index in [9.17, 15) is 4.79 Å². The van der Waals surface area contributed by atoms with Gasteiger partial charge in [0.05, 0.1) is 0 Å². The first kappa shape index (κ1) is 12.8. The van der Waals surface area contributed by atoms with Gasteiger partial charge in [-0.25, -0.2) is 0 Å². The van der Waals surface area contributed by atoms with Crippen LogP contribution in [0.4, 0.5) is 0 Å². The molecule has 0 spiro atoms. The monoisotopic (exact) mass is 400 g/mol. The molecule has 0 N–H and O–H groups in total. The van der Waals surface area contributed by atoms with E-state index in [0.717, 1.165) is 19.2 Å². The lowest BCUT2D eigenvalue weighted by molar-refractivity contribution is 0.0992. The second-order valence-electron chi connectivity index (χ2n) is 3.67. The van der Waals surface area contributed by atoms with Crippen LogP contribution in [0.3, 0.4) is 0 Å². The lowest BCUT2D eigenvalue weighted by Gasteiger charge is -2.05. The largest absolute Gasteiger partial charge is 0.294 e. The van der Waals surface area contributed by atoms with Gasteiger partial charge in [-0.15, -0.1) is 0 Å². The van der Waals surface area contributed by atoms with E-state index in [1.54, 1.807) is 0 Å². The zero-order valence-corrected chi connectivity index (χ0v) is 12.7. The van der Waals surface area contributed by atoms with Crippen LogP contribution in [-0.2, 0) is 6.42 Å². The second kappa shape index (κ2) is 5.78. The third-order valence-corrected chi connectivity index (χ3v) is 4.20. The molecule has 0 bridgehead atoms. The Hall–Kier alpha value is -0.680. The fraction of sp³-hybridized carbons (Fsp3) is 0.0714. The Balaban J connectivity index is 2.24. The normalized spacial score (nSPS) is 10.2. The predicted molar refractivity (Wildman–Crippen MR) is 81.3 cm³/mol. The molecule has 0 atom stereocenters. The van der Waals surface area contributed by atoms with Gasteiger partial charge < -0.3 is 0 Å². The maximum Gasteiger partial charge on any atom is 0.168 e. The molecule has 17 heavy (non-hydrogen) atoms. The number of carbonyl (C=O) groups excluding carboxylic acids is 1. The summed E-state index contributed by atoms with van der Waals surface area (Å²) in [5.41, 5.74) is 1.82. The molecule has 0 aliphatic heterocycles. The van der Waals surface area contributed by atoms with Gasteiger partial charge in [-0.3, -0.25) is 4.79 Å². The molecule has 3 heteroatoms. The van der Waals surface area contributed by atoms with Gasteiger partial charge in [0.2, 0.25) is 0 Å². The van der Waals surface area contributed by atoms with E-state index in [0.29, 0.717) is 6.42 Å². The molecule has 0 aromatic heterocycles. The van der Waals surface area contributed by atoms with E-state index in [2.05, 4.69) is 38.5 Å². The third kappa shape index (κ3) is 3.16. The second-order valence-corrected chi connectivity index (χ2v) is 5.69. The molecule has 0 amide bonds. The topological polar surface area (TPSA) is 17.1 Å². The highest BCUT2D eigenvalue weighted by Gasteiger charge is 2.11. The lowest BCUT2D eigenvalue weighted by Crippen LogP contribution is -2.05. The minimum absolute atomic E-state index is 0.155. The van der Waals surface area contributed by atoms with Crippen LogP contribution in [0.5, 0.6) is 0 Å². The minimum atomic E-state index is 0.155. The molecule has 0 aliphatic rings. The molecule has 0 unspecified atom stereocenters. The number of halogens is 2. The van der Waals surface area contributed by atoms with Crippen molar-refractivity contribution in [3.63, 3.8) is 0 Å². The smallest absolute Gasteiger partial charge is 0.168 e. The van der Waals surface area contributed by atoms with Crippen LogP contribution in [0.25, 0.3) is 0 Å². The Morgan fingerprint density at radius 1 is 1.06 bits per heavy atom. The SMILES string of the molecule is O=C(Cc1ccccc1Br)c1ccccc1I. The summed E-state index contributed by atoms with van der Waals surface area (Å²) in [7, 11) is 0. The first-order valence-electron chi connectivity index (χ1n) is 5.19. The maximum absolute atomic E-state index is 12.2. The first-order valence-corrected chi connectivity index (χ1v) is 7.07. The van der Waals surface area contributed by atoms with Crippen molar-refractivity contribution >= 4 is 44.3 Å². The summed E-state index contributed by atoms with van der Waals surface area (Å²) in [5.74, 6) is 0.155. The van der Waals surface area contributed by atoms with Crippen molar-refractivity contribution in [2.24, 2.45) is 0 Å². The number of benzene rings is 2. The molecule has 1 nitrogen and oxygen atoms in total. The zero-order chi connectivity index (χ0) is 12.3. The molecule has 0 fully saturated rings. The molecule has 0 saturated carbocycles. The molecular weight excluding hydrogens is 391 g/mol. The Morgan fingerprint density at radius 2 is 1.71 bits per heavy atom.